The molecule has 0 saturated carbocycles. The summed E-state index contributed by atoms with van der Waals surface area (Å²) in [5.74, 6) is 0. The van der Waals surface area contributed by atoms with Crippen LogP contribution in [0.5, 0.6) is 0 Å². The van der Waals surface area contributed by atoms with Crippen molar-refractivity contribution < 1.29 is 13.9 Å². The third kappa shape index (κ3) is 4.14. The van der Waals surface area contributed by atoms with E-state index in [4.69, 9.17) is 4.74 Å². The van der Waals surface area contributed by atoms with Gasteiger partial charge in [0.05, 0.1) is 12.1 Å². The molecule has 0 unspecified atom stereocenters. The zero-order valence-electron chi connectivity index (χ0n) is 14.8. The summed E-state index contributed by atoms with van der Waals surface area (Å²) in [6.07, 6.45) is 0.178. The lowest BCUT2D eigenvalue weighted by atomic mass is 9.93. The van der Waals surface area contributed by atoms with Gasteiger partial charge in [0.25, 0.3) is 0 Å². The van der Waals surface area contributed by atoms with E-state index in [1.54, 1.807) is 9.58 Å². The molecule has 1 amide bonds. The Kier molecular flexibility index (Phi) is 4.79. The van der Waals surface area contributed by atoms with Gasteiger partial charge in [-0.3, -0.25) is 4.68 Å². The average molecular weight is 412 g/mol. The number of carbonyl (C=O) groups is 1. The fourth-order valence-corrected chi connectivity index (χ4v) is 3.58. The van der Waals surface area contributed by atoms with Crippen molar-refractivity contribution in [2.45, 2.75) is 51.4 Å². The van der Waals surface area contributed by atoms with Gasteiger partial charge in [0.15, 0.2) is 0 Å². The summed E-state index contributed by atoms with van der Waals surface area (Å²) in [5.41, 5.74) is -1.02. The lowest BCUT2D eigenvalue weighted by molar-refractivity contribution is -0.00106. The SMILES string of the molecule is CC(C)(C)OC(=O)N1CCC(F)(Cn2nc(Br)c3ccccc32)CC1. The first-order valence-electron chi connectivity index (χ1n) is 8.45. The summed E-state index contributed by atoms with van der Waals surface area (Å²) in [4.78, 5) is 13.7. The van der Waals surface area contributed by atoms with Gasteiger partial charge in [-0.05, 0) is 42.8 Å². The highest BCUT2D eigenvalue weighted by molar-refractivity contribution is 9.10. The number of aromatic nitrogens is 2. The second kappa shape index (κ2) is 6.59. The first-order valence-corrected chi connectivity index (χ1v) is 9.24. The highest BCUT2D eigenvalue weighted by atomic mass is 79.9. The van der Waals surface area contributed by atoms with Crippen molar-refractivity contribution in [3.8, 4) is 0 Å². The molecule has 136 valence electrons. The fourth-order valence-electron chi connectivity index (χ4n) is 3.05. The lowest BCUT2D eigenvalue weighted by Crippen LogP contribution is -2.47. The van der Waals surface area contributed by atoms with Crippen molar-refractivity contribution in [2.75, 3.05) is 13.1 Å². The van der Waals surface area contributed by atoms with Gasteiger partial charge in [-0.15, -0.1) is 0 Å². The van der Waals surface area contributed by atoms with Crippen LogP contribution in [0, 0.1) is 0 Å². The van der Waals surface area contributed by atoms with Crippen molar-refractivity contribution in [2.24, 2.45) is 0 Å². The molecule has 3 rings (SSSR count). The molecular weight excluding hydrogens is 389 g/mol. The zero-order chi connectivity index (χ0) is 18.2. The predicted octanol–water partition coefficient (Wildman–Crippen LogP) is 4.54. The van der Waals surface area contributed by atoms with Crippen LogP contribution in [0.15, 0.2) is 28.9 Å². The number of rotatable bonds is 2. The first kappa shape index (κ1) is 18.2. The van der Waals surface area contributed by atoms with Crippen LogP contribution in [0.3, 0.4) is 0 Å². The van der Waals surface area contributed by atoms with E-state index in [1.807, 2.05) is 45.0 Å². The summed E-state index contributed by atoms with van der Waals surface area (Å²) in [7, 11) is 0. The molecule has 0 N–H and O–H groups in total. The minimum Gasteiger partial charge on any atom is -0.444 e. The van der Waals surface area contributed by atoms with Crippen LogP contribution in [-0.2, 0) is 11.3 Å². The summed E-state index contributed by atoms with van der Waals surface area (Å²) in [6, 6.07) is 7.75. The molecule has 25 heavy (non-hydrogen) atoms. The molecule has 0 spiro atoms. The monoisotopic (exact) mass is 411 g/mol. The molecule has 1 aromatic carbocycles. The van der Waals surface area contributed by atoms with Gasteiger partial charge in [-0.1, -0.05) is 18.2 Å². The largest absolute Gasteiger partial charge is 0.444 e. The maximum atomic E-state index is 15.3. The summed E-state index contributed by atoms with van der Waals surface area (Å²) >= 11 is 3.43. The van der Waals surface area contributed by atoms with E-state index in [9.17, 15) is 4.79 Å². The van der Waals surface area contributed by atoms with Crippen LogP contribution in [-0.4, -0.2) is 45.1 Å². The molecule has 0 atom stereocenters. The number of halogens is 2. The number of alkyl halides is 1. The molecule has 5 nitrogen and oxygen atoms in total. The van der Waals surface area contributed by atoms with Gasteiger partial charge in [0.1, 0.15) is 15.9 Å². The normalized spacial score (nSPS) is 17.7. The quantitative estimate of drug-likeness (QED) is 0.728. The van der Waals surface area contributed by atoms with Gasteiger partial charge in [0, 0.05) is 31.3 Å². The van der Waals surface area contributed by atoms with Gasteiger partial charge >= 0.3 is 6.09 Å². The summed E-state index contributed by atoms with van der Waals surface area (Å²) < 4.78 is 23.1. The fraction of sp³-hybridized carbons (Fsp3) is 0.556. The number of hydrogen-bond acceptors (Lipinski definition) is 3. The number of para-hydroxylation sites is 1. The molecule has 1 aromatic heterocycles. The molecule has 1 aliphatic rings. The highest BCUT2D eigenvalue weighted by Crippen LogP contribution is 2.31. The Morgan fingerprint density at radius 3 is 2.60 bits per heavy atom. The average Bonchev–Trinajstić information content (AvgIpc) is 2.82. The van der Waals surface area contributed by atoms with E-state index in [2.05, 4.69) is 21.0 Å². The molecule has 1 fully saturated rings. The maximum Gasteiger partial charge on any atom is 0.410 e. The Hall–Kier alpha value is -1.63. The summed E-state index contributed by atoms with van der Waals surface area (Å²) in [5, 5.41) is 5.39. The molecular formula is C18H23BrFN3O2. The standard InChI is InChI=1S/C18H23BrFN3O2/c1-17(2,3)25-16(24)22-10-8-18(20,9-11-22)12-23-14-7-5-4-6-13(14)15(19)21-23/h4-7H,8-12H2,1-3H3. The third-order valence-electron chi connectivity index (χ3n) is 4.36. The number of piperidine rings is 1. The number of nitrogens with zero attached hydrogens (tertiary/aromatic N) is 3. The minimum atomic E-state index is -1.38. The minimum absolute atomic E-state index is 0.182. The van der Waals surface area contributed by atoms with E-state index < -0.39 is 11.3 Å². The van der Waals surface area contributed by atoms with Gasteiger partial charge < -0.3 is 9.64 Å². The number of fused-ring (bicyclic) bond motifs is 1. The van der Waals surface area contributed by atoms with Crippen molar-refractivity contribution in [3.05, 3.63) is 28.9 Å². The molecule has 1 saturated heterocycles. The van der Waals surface area contributed by atoms with Crippen molar-refractivity contribution in [1.29, 1.82) is 0 Å². The number of ether oxygens (including phenoxy) is 1. The zero-order valence-corrected chi connectivity index (χ0v) is 16.3. The number of amides is 1. The third-order valence-corrected chi connectivity index (χ3v) is 4.94. The van der Waals surface area contributed by atoms with Crippen LogP contribution in [0.25, 0.3) is 10.9 Å². The summed E-state index contributed by atoms with van der Waals surface area (Å²) in [6.45, 7) is 6.37. The van der Waals surface area contributed by atoms with Crippen LogP contribution >= 0.6 is 15.9 Å². The van der Waals surface area contributed by atoms with Gasteiger partial charge in [0.2, 0.25) is 0 Å². The Labute approximate surface area is 155 Å². The van der Waals surface area contributed by atoms with Crippen molar-refractivity contribution in [1.82, 2.24) is 14.7 Å². The van der Waals surface area contributed by atoms with E-state index in [0.29, 0.717) is 13.1 Å². The van der Waals surface area contributed by atoms with E-state index in [0.717, 1.165) is 15.5 Å². The van der Waals surface area contributed by atoms with Crippen molar-refractivity contribution in [3.63, 3.8) is 0 Å². The molecule has 0 aliphatic carbocycles. The topological polar surface area (TPSA) is 47.4 Å². The smallest absolute Gasteiger partial charge is 0.410 e. The first-order chi connectivity index (χ1) is 11.7. The molecule has 2 aromatic rings. The Bertz CT molecular complexity index is 776. The predicted molar refractivity (Wildman–Crippen MR) is 98.3 cm³/mol. The second-order valence-electron chi connectivity index (χ2n) is 7.58. The molecule has 0 bridgehead atoms. The van der Waals surface area contributed by atoms with Gasteiger partial charge in [-0.2, -0.15) is 5.10 Å². The van der Waals surface area contributed by atoms with E-state index >= 15 is 4.39 Å². The molecule has 2 heterocycles. The Morgan fingerprint density at radius 2 is 1.96 bits per heavy atom. The van der Waals surface area contributed by atoms with E-state index in [-0.39, 0.29) is 25.5 Å². The second-order valence-corrected chi connectivity index (χ2v) is 8.34. The van der Waals surface area contributed by atoms with Crippen LogP contribution in [0.4, 0.5) is 9.18 Å². The molecule has 0 radical (unpaired) electrons. The van der Waals surface area contributed by atoms with Crippen LogP contribution in [0.2, 0.25) is 0 Å². The van der Waals surface area contributed by atoms with E-state index in [1.165, 1.54) is 0 Å². The van der Waals surface area contributed by atoms with Crippen molar-refractivity contribution >= 4 is 32.9 Å². The van der Waals surface area contributed by atoms with Crippen LogP contribution in [0.1, 0.15) is 33.6 Å². The Balaban J connectivity index is 1.67. The lowest BCUT2D eigenvalue weighted by Gasteiger charge is -2.37. The molecule has 1 aliphatic heterocycles. The maximum absolute atomic E-state index is 15.3. The van der Waals surface area contributed by atoms with Gasteiger partial charge in [-0.25, -0.2) is 9.18 Å². The van der Waals surface area contributed by atoms with Crippen LogP contribution < -0.4 is 0 Å². The number of hydrogen-bond donors (Lipinski definition) is 0. The Morgan fingerprint density at radius 1 is 1.32 bits per heavy atom. The number of carbonyl (C=O) groups excluding carboxylic acids is 1. The molecule has 7 heteroatoms. The highest BCUT2D eigenvalue weighted by Gasteiger charge is 2.38. The number of likely N-dealkylation sites (tertiary alicyclic amines) is 1. The number of benzene rings is 1.